The lowest BCUT2D eigenvalue weighted by Gasteiger charge is -2.36. The molecule has 0 N–H and O–H groups in total. The monoisotopic (exact) mass is 253 g/mol. The second-order valence-electron chi connectivity index (χ2n) is 5.39. The van der Waals surface area contributed by atoms with Gasteiger partial charge in [0.1, 0.15) is 0 Å². The smallest absolute Gasteiger partial charge is 0.0492 e. The van der Waals surface area contributed by atoms with E-state index in [1.807, 2.05) is 17.9 Å². The van der Waals surface area contributed by atoms with Crippen molar-refractivity contribution in [2.24, 2.45) is 7.05 Å². The molecule has 0 radical (unpaired) electrons. The standard InChI is InChI=1S/C13H20ClN3/c1-16-11(4-6-15-16)5-7-17-12-2-3-13(17)9-10(14)8-12/h4,6,10,12-13H,2-3,5,7-9H2,1H3. The van der Waals surface area contributed by atoms with Gasteiger partial charge in [-0.05, 0) is 31.7 Å². The summed E-state index contributed by atoms with van der Waals surface area (Å²) in [5.41, 5.74) is 1.33. The third-order valence-corrected chi connectivity index (χ3v) is 4.73. The van der Waals surface area contributed by atoms with Crippen LogP contribution in [0.25, 0.3) is 0 Å². The van der Waals surface area contributed by atoms with Gasteiger partial charge in [-0.3, -0.25) is 9.58 Å². The molecular formula is C13H20ClN3. The Morgan fingerprint density at radius 2 is 2.06 bits per heavy atom. The average Bonchev–Trinajstić information content (AvgIpc) is 2.79. The van der Waals surface area contributed by atoms with Gasteiger partial charge in [-0.2, -0.15) is 5.10 Å². The fourth-order valence-electron chi connectivity index (χ4n) is 3.46. The number of aryl methyl sites for hydroxylation is 1. The predicted molar refractivity (Wildman–Crippen MR) is 69.3 cm³/mol. The molecule has 2 saturated heterocycles. The lowest BCUT2D eigenvalue weighted by molar-refractivity contribution is 0.144. The highest BCUT2D eigenvalue weighted by molar-refractivity contribution is 6.20. The van der Waals surface area contributed by atoms with Crippen LogP contribution in [0.2, 0.25) is 0 Å². The van der Waals surface area contributed by atoms with Gasteiger partial charge in [-0.25, -0.2) is 0 Å². The Kier molecular flexibility index (Phi) is 3.14. The van der Waals surface area contributed by atoms with Crippen LogP contribution < -0.4 is 0 Å². The first kappa shape index (κ1) is 11.5. The highest BCUT2D eigenvalue weighted by atomic mass is 35.5. The number of nitrogens with zero attached hydrogens (tertiary/aromatic N) is 3. The van der Waals surface area contributed by atoms with Crippen molar-refractivity contribution in [1.29, 1.82) is 0 Å². The van der Waals surface area contributed by atoms with Crippen LogP contribution in [-0.2, 0) is 13.5 Å². The van der Waals surface area contributed by atoms with Crippen molar-refractivity contribution in [1.82, 2.24) is 14.7 Å². The fraction of sp³-hybridized carbons (Fsp3) is 0.769. The number of hydrogen-bond donors (Lipinski definition) is 0. The van der Waals surface area contributed by atoms with E-state index in [1.54, 1.807) is 0 Å². The summed E-state index contributed by atoms with van der Waals surface area (Å²) in [6.45, 7) is 1.17. The summed E-state index contributed by atoms with van der Waals surface area (Å²) < 4.78 is 1.98. The molecule has 1 aromatic heterocycles. The lowest BCUT2D eigenvalue weighted by Crippen LogP contribution is -2.44. The Hall–Kier alpha value is -0.540. The van der Waals surface area contributed by atoms with Gasteiger partial charge in [-0.1, -0.05) is 0 Å². The molecule has 3 rings (SSSR count). The van der Waals surface area contributed by atoms with Gasteiger partial charge in [0, 0.05) is 49.4 Å². The lowest BCUT2D eigenvalue weighted by atomic mass is 10.0. The first-order chi connectivity index (χ1) is 8.24. The summed E-state index contributed by atoms with van der Waals surface area (Å²) in [5.74, 6) is 0. The molecule has 4 heteroatoms. The summed E-state index contributed by atoms with van der Waals surface area (Å²) in [6.07, 6.45) is 8.05. The van der Waals surface area contributed by atoms with E-state index in [0.29, 0.717) is 5.38 Å². The average molecular weight is 254 g/mol. The van der Waals surface area contributed by atoms with Crippen molar-refractivity contribution < 1.29 is 0 Å². The van der Waals surface area contributed by atoms with Crippen LogP contribution >= 0.6 is 11.6 Å². The molecule has 2 fully saturated rings. The Labute approximate surface area is 108 Å². The maximum absolute atomic E-state index is 6.30. The van der Waals surface area contributed by atoms with E-state index in [4.69, 9.17) is 11.6 Å². The van der Waals surface area contributed by atoms with E-state index in [-0.39, 0.29) is 0 Å². The summed E-state index contributed by atoms with van der Waals surface area (Å²) in [4.78, 5) is 2.69. The molecule has 3 heterocycles. The molecule has 0 aromatic carbocycles. The number of fused-ring (bicyclic) bond motifs is 2. The van der Waals surface area contributed by atoms with Gasteiger partial charge in [0.25, 0.3) is 0 Å². The quantitative estimate of drug-likeness (QED) is 0.770. The third kappa shape index (κ3) is 2.23. The van der Waals surface area contributed by atoms with Crippen molar-refractivity contribution in [3.63, 3.8) is 0 Å². The first-order valence-corrected chi connectivity index (χ1v) is 7.04. The zero-order valence-electron chi connectivity index (χ0n) is 10.3. The van der Waals surface area contributed by atoms with Crippen molar-refractivity contribution in [3.05, 3.63) is 18.0 Å². The van der Waals surface area contributed by atoms with Crippen LogP contribution in [0.1, 0.15) is 31.4 Å². The van der Waals surface area contributed by atoms with Gasteiger partial charge in [-0.15, -0.1) is 11.6 Å². The fourth-order valence-corrected chi connectivity index (χ4v) is 3.87. The minimum atomic E-state index is 0.417. The molecule has 2 bridgehead atoms. The van der Waals surface area contributed by atoms with Gasteiger partial charge < -0.3 is 0 Å². The molecule has 0 spiro atoms. The maximum Gasteiger partial charge on any atom is 0.0492 e. The summed E-state index contributed by atoms with van der Waals surface area (Å²) in [6, 6.07) is 3.60. The number of aromatic nitrogens is 2. The molecular weight excluding hydrogens is 234 g/mol. The van der Waals surface area contributed by atoms with Crippen molar-refractivity contribution in [2.45, 2.75) is 49.6 Å². The Balaban J connectivity index is 1.61. The van der Waals surface area contributed by atoms with Crippen LogP contribution in [0.15, 0.2) is 12.3 Å². The molecule has 17 heavy (non-hydrogen) atoms. The first-order valence-electron chi connectivity index (χ1n) is 6.60. The van der Waals surface area contributed by atoms with E-state index < -0.39 is 0 Å². The van der Waals surface area contributed by atoms with Crippen LogP contribution in [0.5, 0.6) is 0 Å². The van der Waals surface area contributed by atoms with E-state index in [0.717, 1.165) is 18.5 Å². The third-order valence-electron chi connectivity index (χ3n) is 4.38. The zero-order valence-corrected chi connectivity index (χ0v) is 11.1. The van der Waals surface area contributed by atoms with Gasteiger partial charge in [0.2, 0.25) is 0 Å². The van der Waals surface area contributed by atoms with Crippen LogP contribution in [0, 0.1) is 0 Å². The van der Waals surface area contributed by atoms with Gasteiger partial charge >= 0.3 is 0 Å². The van der Waals surface area contributed by atoms with E-state index in [2.05, 4.69) is 16.1 Å². The van der Waals surface area contributed by atoms with E-state index in [9.17, 15) is 0 Å². The zero-order chi connectivity index (χ0) is 11.8. The van der Waals surface area contributed by atoms with Gasteiger partial charge in [0.05, 0.1) is 0 Å². The summed E-state index contributed by atoms with van der Waals surface area (Å²) >= 11 is 6.30. The number of hydrogen-bond acceptors (Lipinski definition) is 2. The molecule has 0 amide bonds. The van der Waals surface area contributed by atoms with E-state index >= 15 is 0 Å². The summed E-state index contributed by atoms with van der Waals surface area (Å²) in [7, 11) is 2.02. The normalized spacial score (nSPS) is 33.2. The molecule has 2 aliphatic heterocycles. The minimum Gasteiger partial charge on any atom is -0.297 e. The van der Waals surface area contributed by atoms with E-state index in [1.165, 1.54) is 37.9 Å². The largest absolute Gasteiger partial charge is 0.297 e. The highest BCUT2D eigenvalue weighted by Crippen LogP contribution is 2.37. The Bertz CT molecular complexity index is 376. The van der Waals surface area contributed by atoms with Crippen molar-refractivity contribution >= 4 is 11.6 Å². The molecule has 1 aromatic rings. The molecule has 2 aliphatic rings. The van der Waals surface area contributed by atoms with Crippen LogP contribution in [-0.4, -0.2) is 38.7 Å². The number of halogens is 1. The second kappa shape index (κ2) is 4.62. The molecule has 0 aliphatic carbocycles. The topological polar surface area (TPSA) is 21.1 Å². The predicted octanol–water partition coefficient (Wildman–Crippen LogP) is 2.20. The highest BCUT2D eigenvalue weighted by Gasteiger charge is 2.39. The van der Waals surface area contributed by atoms with Crippen LogP contribution in [0.3, 0.4) is 0 Å². The minimum absolute atomic E-state index is 0.417. The number of piperidine rings is 1. The van der Waals surface area contributed by atoms with Gasteiger partial charge in [0.15, 0.2) is 0 Å². The van der Waals surface area contributed by atoms with Crippen LogP contribution in [0.4, 0.5) is 0 Å². The molecule has 94 valence electrons. The van der Waals surface area contributed by atoms with Crippen molar-refractivity contribution in [2.75, 3.05) is 6.54 Å². The van der Waals surface area contributed by atoms with Crippen molar-refractivity contribution in [3.8, 4) is 0 Å². The molecule has 3 nitrogen and oxygen atoms in total. The number of rotatable bonds is 3. The number of alkyl halides is 1. The SMILES string of the molecule is Cn1nccc1CCN1C2CCC1CC(Cl)C2. The molecule has 0 saturated carbocycles. The molecule has 2 unspecified atom stereocenters. The summed E-state index contributed by atoms with van der Waals surface area (Å²) in [5, 5.41) is 4.64. The molecule has 2 atom stereocenters. The Morgan fingerprint density at radius 3 is 2.65 bits per heavy atom. The second-order valence-corrected chi connectivity index (χ2v) is 6.00. The maximum atomic E-state index is 6.30. The Morgan fingerprint density at radius 1 is 1.35 bits per heavy atom.